The largest absolute Gasteiger partial charge is 0.534 e. The van der Waals surface area contributed by atoms with E-state index in [1.807, 2.05) is 0 Å². The first-order valence-corrected chi connectivity index (χ1v) is 17.3. The summed E-state index contributed by atoms with van der Waals surface area (Å²) in [5.41, 5.74) is 0. The summed E-state index contributed by atoms with van der Waals surface area (Å²) < 4.78 is 37.5. The minimum atomic E-state index is -1.12. The van der Waals surface area contributed by atoms with Crippen molar-refractivity contribution in [3.05, 3.63) is 0 Å². The molecule has 264 valence electrons. The maximum atomic E-state index is 11.5. The van der Waals surface area contributed by atoms with Crippen molar-refractivity contribution in [3.63, 3.8) is 0 Å². The smallest absolute Gasteiger partial charge is 0.430 e. The average molecular weight is 648 g/mol. The van der Waals surface area contributed by atoms with Crippen LogP contribution in [0.15, 0.2) is 0 Å². The van der Waals surface area contributed by atoms with Crippen LogP contribution >= 0.6 is 0 Å². The van der Waals surface area contributed by atoms with Gasteiger partial charge in [-0.3, -0.25) is 14.4 Å². The second kappa shape index (κ2) is 32.1. The van der Waals surface area contributed by atoms with Gasteiger partial charge in [-0.1, -0.05) is 95.5 Å². The second-order valence-corrected chi connectivity index (χ2v) is 11.0. The van der Waals surface area contributed by atoms with Gasteiger partial charge in [-0.25, -0.2) is 4.79 Å². The van der Waals surface area contributed by atoms with Gasteiger partial charge in [0.1, 0.15) is 6.61 Å². The number of ether oxygens (including phenoxy) is 7. The number of hydrogen-bond donors (Lipinski definition) is 0. The van der Waals surface area contributed by atoms with Crippen LogP contribution in [0.2, 0.25) is 0 Å². The van der Waals surface area contributed by atoms with E-state index in [1.165, 1.54) is 83.5 Å². The summed E-state index contributed by atoms with van der Waals surface area (Å²) in [6, 6.07) is 0. The summed E-state index contributed by atoms with van der Waals surface area (Å²) in [6.45, 7) is 7.92. The third-order valence-corrected chi connectivity index (χ3v) is 7.12. The molecular formula is C33H61NO11. The molecule has 0 N–H and O–H groups in total. The molecule has 1 aliphatic heterocycles. The number of hydroxylamine groups is 2. The molecule has 0 bridgehead atoms. The molecule has 12 nitrogen and oxygen atoms in total. The maximum Gasteiger partial charge on any atom is 0.534 e. The van der Waals surface area contributed by atoms with Crippen molar-refractivity contribution in [2.45, 2.75) is 110 Å². The Morgan fingerprint density at radius 2 is 0.778 bits per heavy atom. The lowest BCUT2D eigenvalue weighted by atomic mass is 10.0. The molecule has 1 fully saturated rings. The predicted molar refractivity (Wildman–Crippen MR) is 169 cm³/mol. The standard InChI is InChI=1S/C33H61NO11/c1-2-3-4-5-6-7-8-9-10-11-12-13-14-15-18-38-19-20-39-21-22-40-23-24-41-25-26-42-27-28-43-29-30-44-33(37)45-34-31(35)16-17-32(34)36/h2-30H2,1H3. The molecule has 0 spiro atoms. The molecule has 12 heteroatoms. The van der Waals surface area contributed by atoms with Crippen LogP contribution in [0, 0.1) is 0 Å². The number of nitrogens with zero attached hydrogens (tertiary/aromatic N) is 1. The fourth-order valence-corrected chi connectivity index (χ4v) is 4.54. The van der Waals surface area contributed by atoms with Gasteiger partial charge in [-0.2, -0.15) is 0 Å². The normalized spacial score (nSPS) is 13.2. The molecular weight excluding hydrogens is 586 g/mol. The molecule has 45 heavy (non-hydrogen) atoms. The lowest BCUT2D eigenvalue weighted by molar-refractivity contribution is -0.177. The van der Waals surface area contributed by atoms with Crippen molar-refractivity contribution in [1.29, 1.82) is 0 Å². The fraction of sp³-hybridized carbons (Fsp3) is 0.909. The van der Waals surface area contributed by atoms with Crippen molar-refractivity contribution in [2.75, 3.05) is 85.9 Å². The maximum absolute atomic E-state index is 11.5. The summed E-state index contributed by atoms with van der Waals surface area (Å²) in [4.78, 5) is 38.7. The summed E-state index contributed by atoms with van der Waals surface area (Å²) in [5.74, 6) is -1.12. The first-order valence-electron chi connectivity index (χ1n) is 17.3. The number of carbonyl (C=O) groups is 3. The van der Waals surface area contributed by atoms with Crippen molar-refractivity contribution in [1.82, 2.24) is 5.06 Å². The van der Waals surface area contributed by atoms with E-state index in [9.17, 15) is 14.4 Å². The van der Waals surface area contributed by atoms with E-state index in [-0.39, 0.29) is 26.1 Å². The monoisotopic (exact) mass is 647 g/mol. The highest BCUT2D eigenvalue weighted by molar-refractivity contribution is 6.01. The second-order valence-electron chi connectivity index (χ2n) is 11.0. The highest BCUT2D eigenvalue weighted by Crippen LogP contribution is 2.13. The van der Waals surface area contributed by atoms with Crippen molar-refractivity contribution < 1.29 is 52.4 Å². The van der Waals surface area contributed by atoms with Gasteiger partial charge in [0.2, 0.25) is 0 Å². The Kier molecular flexibility index (Phi) is 29.4. The van der Waals surface area contributed by atoms with Gasteiger partial charge >= 0.3 is 6.16 Å². The number of hydrogen-bond acceptors (Lipinski definition) is 11. The quantitative estimate of drug-likeness (QED) is 0.0479. The highest BCUT2D eigenvalue weighted by Gasteiger charge is 2.33. The average Bonchev–Trinajstić information content (AvgIpc) is 3.35. The van der Waals surface area contributed by atoms with Crippen LogP contribution in [0.25, 0.3) is 0 Å². The zero-order valence-corrected chi connectivity index (χ0v) is 27.9. The molecule has 0 aromatic heterocycles. The molecule has 0 aromatic carbocycles. The van der Waals surface area contributed by atoms with Gasteiger partial charge in [0.15, 0.2) is 0 Å². The first kappa shape index (κ1) is 41.2. The Bertz CT molecular complexity index is 694. The molecule has 0 radical (unpaired) electrons. The number of carbonyl (C=O) groups excluding carboxylic acids is 3. The summed E-state index contributed by atoms with van der Waals surface area (Å²) in [5, 5.41) is 0.430. The molecule has 0 aliphatic carbocycles. The zero-order valence-electron chi connectivity index (χ0n) is 27.9. The van der Waals surface area contributed by atoms with Gasteiger partial charge in [0.25, 0.3) is 11.8 Å². The van der Waals surface area contributed by atoms with Crippen LogP contribution in [-0.2, 0) is 47.6 Å². The molecule has 1 saturated heterocycles. The van der Waals surface area contributed by atoms with Gasteiger partial charge < -0.3 is 33.2 Å². The van der Waals surface area contributed by atoms with Crippen LogP contribution in [0.3, 0.4) is 0 Å². The highest BCUT2D eigenvalue weighted by atomic mass is 16.8. The Morgan fingerprint density at radius 3 is 1.16 bits per heavy atom. The van der Waals surface area contributed by atoms with E-state index < -0.39 is 18.0 Å². The van der Waals surface area contributed by atoms with E-state index in [2.05, 4.69) is 11.8 Å². The topological polar surface area (TPSA) is 128 Å². The van der Waals surface area contributed by atoms with Crippen LogP contribution in [0.1, 0.15) is 110 Å². The minimum absolute atomic E-state index is 0.0274. The van der Waals surface area contributed by atoms with Crippen LogP contribution in [0.5, 0.6) is 0 Å². The van der Waals surface area contributed by atoms with E-state index >= 15 is 0 Å². The molecule has 1 heterocycles. The van der Waals surface area contributed by atoms with Crippen molar-refractivity contribution in [3.8, 4) is 0 Å². The molecule has 2 amide bonds. The minimum Gasteiger partial charge on any atom is -0.430 e. The number of unbranched alkanes of at least 4 members (excludes halogenated alkanes) is 13. The summed E-state index contributed by atoms with van der Waals surface area (Å²) in [7, 11) is 0. The number of amides is 2. The Morgan fingerprint density at radius 1 is 0.467 bits per heavy atom. The molecule has 0 aromatic rings. The van der Waals surface area contributed by atoms with E-state index in [4.69, 9.17) is 33.2 Å². The third-order valence-electron chi connectivity index (χ3n) is 7.12. The molecule has 0 unspecified atom stereocenters. The Labute approximate surface area is 271 Å². The Hall–Kier alpha value is -1.83. The van der Waals surface area contributed by atoms with Crippen LogP contribution < -0.4 is 0 Å². The summed E-state index contributed by atoms with van der Waals surface area (Å²) in [6.07, 6.45) is 18.0. The van der Waals surface area contributed by atoms with E-state index in [0.29, 0.717) is 71.1 Å². The van der Waals surface area contributed by atoms with Gasteiger partial charge in [-0.15, -0.1) is 0 Å². The van der Waals surface area contributed by atoms with Crippen molar-refractivity contribution >= 4 is 18.0 Å². The molecule has 1 rings (SSSR count). The SMILES string of the molecule is CCCCCCCCCCCCCCCCOCCOCCOCCOCCOCCOCCOC(=O)ON1C(=O)CCC1=O. The lowest BCUT2D eigenvalue weighted by Gasteiger charge is -2.12. The Balaban J connectivity index is 1.65. The lowest BCUT2D eigenvalue weighted by Crippen LogP contribution is -2.32. The molecule has 0 saturated carbocycles. The fourth-order valence-electron chi connectivity index (χ4n) is 4.54. The zero-order chi connectivity index (χ0) is 32.5. The number of rotatable bonds is 34. The van der Waals surface area contributed by atoms with Gasteiger partial charge in [-0.05, 0) is 6.42 Å². The third kappa shape index (κ3) is 27.0. The van der Waals surface area contributed by atoms with Crippen LogP contribution in [0.4, 0.5) is 4.79 Å². The summed E-state index contributed by atoms with van der Waals surface area (Å²) >= 11 is 0. The van der Waals surface area contributed by atoms with Gasteiger partial charge in [0, 0.05) is 19.4 Å². The van der Waals surface area contributed by atoms with E-state index in [0.717, 1.165) is 13.0 Å². The predicted octanol–water partition coefficient (Wildman–Crippen LogP) is 5.78. The van der Waals surface area contributed by atoms with Gasteiger partial charge in [0.05, 0.1) is 72.7 Å². The first-order chi connectivity index (χ1) is 22.1. The number of imide groups is 1. The molecule has 1 aliphatic rings. The molecule has 0 atom stereocenters. The van der Waals surface area contributed by atoms with Crippen molar-refractivity contribution in [2.24, 2.45) is 0 Å². The van der Waals surface area contributed by atoms with Crippen LogP contribution in [-0.4, -0.2) is 109 Å². The van der Waals surface area contributed by atoms with E-state index in [1.54, 1.807) is 0 Å².